The SMILES string of the molecule is CCCCCCCCC(=O)OC1C[C@@H](O)C[C@H]2CC[C@@H]3[C@@H]4CC[C@H]([C@H](C)CCCC(C)C)[C@@]4(C)CC[C@@H]3[C@@]12C. The number of unbranched alkanes of at least 4 members (excludes halogenated alkanes) is 5. The zero-order valence-electron chi connectivity index (χ0n) is 26.7. The van der Waals surface area contributed by atoms with Crippen LogP contribution in [0.1, 0.15) is 157 Å². The van der Waals surface area contributed by atoms with Crippen LogP contribution in [0.5, 0.6) is 0 Å². The summed E-state index contributed by atoms with van der Waals surface area (Å²) in [6, 6.07) is 0. The highest BCUT2D eigenvalue weighted by molar-refractivity contribution is 5.69. The number of fused-ring (bicyclic) bond motifs is 5. The Morgan fingerprint density at radius 2 is 1.62 bits per heavy atom. The Bertz CT molecular complexity index is 777. The molecule has 0 aromatic rings. The monoisotopic (exact) mass is 544 g/mol. The van der Waals surface area contributed by atoms with E-state index in [1.165, 1.54) is 83.5 Å². The summed E-state index contributed by atoms with van der Waals surface area (Å²) in [6.07, 6.45) is 21.0. The van der Waals surface area contributed by atoms with Gasteiger partial charge in [0.1, 0.15) is 6.10 Å². The van der Waals surface area contributed by atoms with Crippen molar-refractivity contribution in [2.24, 2.45) is 52.3 Å². The second-order valence-corrected chi connectivity index (χ2v) is 15.7. The molecule has 4 fully saturated rings. The molecule has 1 unspecified atom stereocenters. The summed E-state index contributed by atoms with van der Waals surface area (Å²) >= 11 is 0. The summed E-state index contributed by atoms with van der Waals surface area (Å²) in [7, 11) is 0. The van der Waals surface area contributed by atoms with Crippen molar-refractivity contribution in [2.75, 3.05) is 0 Å². The normalized spacial score (nSPS) is 40.6. The molecule has 226 valence electrons. The summed E-state index contributed by atoms with van der Waals surface area (Å²) in [5, 5.41) is 10.8. The minimum atomic E-state index is -0.317. The third-order valence-electron chi connectivity index (χ3n) is 12.9. The summed E-state index contributed by atoms with van der Waals surface area (Å²) in [5.74, 6) is 5.25. The van der Waals surface area contributed by atoms with Crippen LogP contribution < -0.4 is 0 Å². The molecule has 3 nitrogen and oxygen atoms in total. The number of hydrogen-bond donors (Lipinski definition) is 1. The Hall–Kier alpha value is -0.570. The maximum Gasteiger partial charge on any atom is 0.306 e. The Kier molecular flexibility index (Phi) is 10.9. The van der Waals surface area contributed by atoms with Gasteiger partial charge in [-0.1, -0.05) is 92.9 Å². The molecule has 39 heavy (non-hydrogen) atoms. The van der Waals surface area contributed by atoms with Crippen LogP contribution in [-0.2, 0) is 9.53 Å². The molecule has 4 aliphatic carbocycles. The van der Waals surface area contributed by atoms with Crippen LogP contribution in [0.2, 0.25) is 0 Å². The predicted molar refractivity (Wildman–Crippen MR) is 162 cm³/mol. The molecule has 4 saturated carbocycles. The third kappa shape index (κ3) is 6.75. The lowest BCUT2D eigenvalue weighted by atomic mass is 9.43. The highest BCUT2D eigenvalue weighted by Gasteiger charge is 2.63. The van der Waals surface area contributed by atoms with Crippen molar-refractivity contribution in [3.05, 3.63) is 0 Å². The molecule has 0 radical (unpaired) electrons. The van der Waals surface area contributed by atoms with Crippen molar-refractivity contribution in [3.63, 3.8) is 0 Å². The van der Waals surface area contributed by atoms with Gasteiger partial charge >= 0.3 is 5.97 Å². The van der Waals surface area contributed by atoms with Crippen LogP contribution in [0.4, 0.5) is 0 Å². The Balaban J connectivity index is 1.42. The topological polar surface area (TPSA) is 46.5 Å². The highest BCUT2D eigenvalue weighted by atomic mass is 16.5. The molecule has 0 heterocycles. The van der Waals surface area contributed by atoms with Gasteiger partial charge in [0.2, 0.25) is 0 Å². The number of esters is 1. The lowest BCUT2D eigenvalue weighted by molar-refractivity contribution is -0.203. The molecule has 4 rings (SSSR count). The predicted octanol–water partition coefficient (Wildman–Crippen LogP) is 9.74. The summed E-state index contributed by atoms with van der Waals surface area (Å²) in [4.78, 5) is 13.1. The van der Waals surface area contributed by atoms with Crippen molar-refractivity contribution in [2.45, 2.75) is 169 Å². The molecule has 10 atom stereocenters. The van der Waals surface area contributed by atoms with Crippen molar-refractivity contribution in [1.82, 2.24) is 0 Å². The molecule has 0 aromatic carbocycles. The van der Waals surface area contributed by atoms with E-state index in [4.69, 9.17) is 4.74 Å². The van der Waals surface area contributed by atoms with Crippen LogP contribution in [0.15, 0.2) is 0 Å². The van der Waals surface area contributed by atoms with E-state index in [-0.39, 0.29) is 23.6 Å². The van der Waals surface area contributed by atoms with Gasteiger partial charge in [-0.25, -0.2) is 0 Å². The van der Waals surface area contributed by atoms with Gasteiger partial charge in [-0.05, 0) is 98.2 Å². The minimum Gasteiger partial charge on any atom is -0.462 e. The maximum atomic E-state index is 13.1. The van der Waals surface area contributed by atoms with Gasteiger partial charge in [-0.3, -0.25) is 4.79 Å². The van der Waals surface area contributed by atoms with Gasteiger partial charge in [-0.2, -0.15) is 0 Å². The van der Waals surface area contributed by atoms with Crippen molar-refractivity contribution in [1.29, 1.82) is 0 Å². The van der Waals surface area contributed by atoms with Gasteiger partial charge in [0.05, 0.1) is 6.10 Å². The third-order valence-corrected chi connectivity index (χ3v) is 12.9. The maximum absolute atomic E-state index is 13.1. The molecule has 0 amide bonds. The second kappa shape index (κ2) is 13.6. The molecule has 1 N–H and O–H groups in total. The van der Waals surface area contributed by atoms with E-state index < -0.39 is 0 Å². The fraction of sp³-hybridized carbons (Fsp3) is 0.972. The van der Waals surface area contributed by atoms with Crippen LogP contribution in [0.25, 0.3) is 0 Å². The first-order chi connectivity index (χ1) is 18.6. The van der Waals surface area contributed by atoms with E-state index in [0.29, 0.717) is 30.1 Å². The fourth-order valence-electron chi connectivity index (χ4n) is 10.7. The molecule has 0 bridgehead atoms. The summed E-state index contributed by atoms with van der Waals surface area (Å²) < 4.78 is 6.37. The first kappa shape index (κ1) is 31.4. The van der Waals surface area contributed by atoms with Gasteiger partial charge < -0.3 is 9.84 Å². The standard InChI is InChI=1S/C36H64O3/c1-7-8-9-10-11-12-16-34(38)39-33-24-28(37)23-27-17-18-29-31-20-19-30(26(4)15-13-14-25(2)3)35(31,5)22-21-32(29)36(27,33)6/h25-33,37H,7-24H2,1-6H3/t26-,27-,28+,29-,30-,31+,32+,33?,35-,36+/m1/s1. The molecule has 0 saturated heterocycles. The van der Waals surface area contributed by atoms with Crippen LogP contribution in [0.3, 0.4) is 0 Å². The number of ether oxygens (including phenoxy) is 1. The van der Waals surface area contributed by atoms with Gasteiger partial charge in [-0.15, -0.1) is 0 Å². The Morgan fingerprint density at radius 3 is 2.36 bits per heavy atom. The first-order valence-corrected chi connectivity index (χ1v) is 17.5. The largest absolute Gasteiger partial charge is 0.462 e. The number of rotatable bonds is 13. The van der Waals surface area contributed by atoms with Gasteiger partial charge in [0.15, 0.2) is 0 Å². The van der Waals surface area contributed by atoms with Gasteiger partial charge in [0.25, 0.3) is 0 Å². The fourth-order valence-corrected chi connectivity index (χ4v) is 10.7. The lowest BCUT2D eigenvalue weighted by Gasteiger charge is -2.62. The van der Waals surface area contributed by atoms with E-state index >= 15 is 0 Å². The lowest BCUT2D eigenvalue weighted by Crippen LogP contribution is -2.60. The van der Waals surface area contributed by atoms with Crippen LogP contribution >= 0.6 is 0 Å². The number of hydrogen-bond acceptors (Lipinski definition) is 3. The Morgan fingerprint density at radius 1 is 0.872 bits per heavy atom. The smallest absolute Gasteiger partial charge is 0.306 e. The molecule has 0 aliphatic heterocycles. The second-order valence-electron chi connectivity index (χ2n) is 15.7. The molecule has 4 aliphatic rings. The Labute approximate surface area is 242 Å². The average Bonchev–Trinajstić information content (AvgIpc) is 3.24. The number of aliphatic hydroxyl groups is 1. The van der Waals surface area contributed by atoms with E-state index in [1.807, 2.05) is 0 Å². The quantitative estimate of drug-likeness (QED) is 0.185. The molecular formula is C36H64O3. The number of carbonyl (C=O) groups excluding carboxylic acids is 1. The average molecular weight is 545 g/mol. The van der Waals surface area contributed by atoms with E-state index in [2.05, 4.69) is 41.5 Å². The number of carbonyl (C=O) groups is 1. The zero-order chi connectivity index (χ0) is 28.2. The highest BCUT2D eigenvalue weighted by Crippen LogP contribution is 2.68. The molecule has 3 heteroatoms. The molecule has 0 aromatic heterocycles. The molecular weight excluding hydrogens is 480 g/mol. The first-order valence-electron chi connectivity index (χ1n) is 17.5. The van der Waals surface area contributed by atoms with E-state index in [0.717, 1.165) is 48.9 Å². The van der Waals surface area contributed by atoms with E-state index in [9.17, 15) is 9.90 Å². The van der Waals surface area contributed by atoms with Crippen molar-refractivity contribution in [3.8, 4) is 0 Å². The van der Waals surface area contributed by atoms with Crippen LogP contribution in [-0.4, -0.2) is 23.3 Å². The van der Waals surface area contributed by atoms with Crippen LogP contribution in [0, 0.1) is 52.3 Å². The minimum absolute atomic E-state index is 0.0107. The van der Waals surface area contributed by atoms with Crippen molar-refractivity contribution >= 4 is 5.97 Å². The van der Waals surface area contributed by atoms with Crippen molar-refractivity contribution < 1.29 is 14.6 Å². The molecule has 0 spiro atoms. The summed E-state index contributed by atoms with van der Waals surface area (Å²) in [6.45, 7) is 14.7. The summed E-state index contributed by atoms with van der Waals surface area (Å²) in [5.41, 5.74) is 0.515. The van der Waals surface area contributed by atoms with Gasteiger partial charge in [0, 0.05) is 18.3 Å². The van der Waals surface area contributed by atoms with E-state index in [1.54, 1.807) is 0 Å². The zero-order valence-corrected chi connectivity index (χ0v) is 26.7. The number of aliphatic hydroxyl groups excluding tert-OH is 1.